The second-order valence-corrected chi connectivity index (χ2v) is 11.8. The number of terminal acetylenes is 1. The van der Waals surface area contributed by atoms with Gasteiger partial charge in [0, 0.05) is 30.5 Å². The SMILES string of the molecule is C#Cc1c(F)ccc2cc(O)cc(-c3ccc4c(N5CCCOCC5)nc(OCC56CCCN5CCC6)nc4c3C)c12. The number of rotatable bonds is 5. The second-order valence-electron chi connectivity index (χ2n) is 11.8. The molecule has 0 saturated carbocycles. The number of halogens is 1. The molecule has 4 heterocycles. The minimum absolute atomic E-state index is 0.0714. The van der Waals surface area contributed by atoms with Gasteiger partial charge in [-0.15, -0.1) is 6.42 Å². The Labute approximate surface area is 245 Å². The standard InChI is InChI=1S/C34H35FN4O3/c1-3-25-29(35)10-7-23-19-24(40)20-28(30(23)25)26-8-9-27-31(22(26)2)36-33(37-32(27)38-13-6-17-41-18-16-38)42-21-34-11-4-14-39(34)15-5-12-34/h1,7-10,19-20,40H,4-6,11-18,21H2,2H3. The van der Waals surface area contributed by atoms with Crippen LogP contribution in [0.15, 0.2) is 36.4 Å². The highest BCUT2D eigenvalue weighted by atomic mass is 19.1. The van der Waals surface area contributed by atoms with Gasteiger partial charge in [0.15, 0.2) is 0 Å². The number of aryl methyl sites for hydroxylation is 1. The molecule has 0 radical (unpaired) electrons. The fourth-order valence-electron chi connectivity index (χ4n) is 7.29. The number of phenols is 1. The highest BCUT2D eigenvalue weighted by Gasteiger charge is 2.45. The van der Waals surface area contributed by atoms with Crippen LogP contribution in [0.2, 0.25) is 0 Å². The van der Waals surface area contributed by atoms with Crippen molar-refractivity contribution in [1.82, 2.24) is 14.9 Å². The van der Waals surface area contributed by atoms with Crippen LogP contribution in [0.5, 0.6) is 11.8 Å². The number of hydrogen-bond donors (Lipinski definition) is 1. The van der Waals surface area contributed by atoms with Crippen molar-refractivity contribution in [1.29, 1.82) is 0 Å². The van der Waals surface area contributed by atoms with Gasteiger partial charge >= 0.3 is 6.01 Å². The molecule has 7 nitrogen and oxygen atoms in total. The van der Waals surface area contributed by atoms with Gasteiger partial charge in [0.1, 0.15) is 24.0 Å². The molecule has 1 aromatic heterocycles. The summed E-state index contributed by atoms with van der Waals surface area (Å²) in [7, 11) is 0. The molecule has 3 aliphatic heterocycles. The van der Waals surface area contributed by atoms with Crippen LogP contribution >= 0.6 is 0 Å². The smallest absolute Gasteiger partial charge is 0.319 e. The third-order valence-corrected chi connectivity index (χ3v) is 9.37. The highest BCUT2D eigenvalue weighted by molar-refractivity contribution is 6.05. The maximum absolute atomic E-state index is 14.9. The molecule has 216 valence electrons. The molecule has 0 unspecified atom stereocenters. The molecule has 7 rings (SSSR count). The summed E-state index contributed by atoms with van der Waals surface area (Å²) in [6.07, 6.45) is 11.4. The monoisotopic (exact) mass is 566 g/mol. The molecule has 3 fully saturated rings. The fraction of sp³-hybridized carbons (Fsp3) is 0.412. The van der Waals surface area contributed by atoms with Crippen molar-refractivity contribution in [3.05, 3.63) is 53.3 Å². The van der Waals surface area contributed by atoms with Crippen molar-refractivity contribution in [3.8, 4) is 35.2 Å². The van der Waals surface area contributed by atoms with Crippen molar-refractivity contribution in [2.24, 2.45) is 0 Å². The minimum Gasteiger partial charge on any atom is -0.508 e. The van der Waals surface area contributed by atoms with E-state index in [1.165, 1.54) is 18.9 Å². The number of anilines is 1. The van der Waals surface area contributed by atoms with Crippen molar-refractivity contribution >= 4 is 27.5 Å². The highest BCUT2D eigenvalue weighted by Crippen LogP contribution is 2.42. The number of ether oxygens (including phenoxy) is 2. The van der Waals surface area contributed by atoms with E-state index in [-0.39, 0.29) is 16.9 Å². The number of aromatic nitrogens is 2. The van der Waals surface area contributed by atoms with Crippen LogP contribution in [-0.4, -0.2) is 71.5 Å². The third kappa shape index (κ3) is 4.52. The van der Waals surface area contributed by atoms with E-state index in [9.17, 15) is 9.50 Å². The average molecular weight is 567 g/mol. The van der Waals surface area contributed by atoms with Crippen LogP contribution in [0.1, 0.15) is 43.2 Å². The molecule has 0 atom stereocenters. The van der Waals surface area contributed by atoms with Gasteiger partial charge in [-0.3, -0.25) is 4.90 Å². The van der Waals surface area contributed by atoms with Crippen LogP contribution < -0.4 is 9.64 Å². The van der Waals surface area contributed by atoms with E-state index >= 15 is 0 Å². The largest absolute Gasteiger partial charge is 0.508 e. The average Bonchev–Trinajstić information content (AvgIpc) is 3.45. The van der Waals surface area contributed by atoms with Crippen LogP contribution in [0, 0.1) is 25.1 Å². The first kappa shape index (κ1) is 26.9. The summed E-state index contributed by atoms with van der Waals surface area (Å²) >= 11 is 0. The third-order valence-electron chi connectivity index (χ3n) is 9.37. The van der Waals surface area contributed by atoms with E-state index in [0.29, 0.717) is 35.6 Å². The summed E-state index contributed by atoms with van der Waals surface area (Å²) < 4.78 is 27.1. The van der Waals surface area contributed by atoms with Gasteiger partial charge in [-0.1, -0.05) is 18.1 Å². The van der Waals surface area contributed by atoms with Gasteiger partial charge in [0.25, 0.3) is 0 Å². The quantitative estimate of drug-likeness (QED) is 0.306. The molecule has 1 N–H and O–H groups in total. The Kier molecular flexibility index (Phi) is 6.88. The molecule has 0 spiro atoms. The molecule has 3 aromatic carbocycles. The van der Waals surface area contributed by atoms with E-state index in [2.05, 4.69) is 15.7 Å². The first-order chi connectivity index (χ1) is 20.5. The summed E-state index contributed by atoms with van der Waals surface area (Å²) in [4.78, 5) is 14.8. The van der Waals surface area contributed by atoms with Crippen LogP contribution in [-0.2, 0) is 4.74 Å². The minimum atomic E-state index is -0.466. The van der Waals surface area contributed by atoms with Crippen LogP contribution in [0.25, 0.3) is 32.8 Å². The molecule has 8 heteroatoms. The van der Waals surface area contributed by atoms with E-state index in [4.69, 9.17) is 25.9 Å². The van der Waals surface area contributed by atoms with Gasteiger partial charge in [-0.05, 0) is 98.5 Å². The zero-order valence-electron chi connectivity index (χ0n) is 24.0. The van der Waals surface area contributed by atoms with Gasteiger partial charge < -0.3 is 19.5 Å². The molecular weight excluding hydrogens is 531 g/mol. The summed E-state index contributed by atoms with van der Waals surface area (Å²) in [6.45, 7) is 7.74. The van der Waals surface area contributed by atoms with Gasteiger partial charge in [0.2, 0.25) is 0 Å². The summed E-state index contributed by atoms with van der Waals surface area (Å²) in [6, 6.07) is 10.6. The Hall–Kier alpha value is -3.93. The predicted octanol–water partition coefficient (Wildman–Crippen LogP) is 5.82. The maximum atomic E-state index is 14.9. The molecule has 0 bridgehead atoms. The number of fused-ring (bicyclic) bond motifs is 3. The van der Waals surface area contributed by atoms with E-state index < -0.39 is 5.82 Å². The Morgan fingerprint density at radius 1 is 1.02 bits per heavy atom. The van der Waals surface area contributed by atoms with Gasteiger partial charge in [-0.2, -0.15) is 9.97 Å². The molecule has 3 aliphatic rings. The molecule has 4 aromatic rings. The number of benzene rings is 3. The Balaban J connectivity index is 1.39. The van der Waals surface area contributed by atoms with Crippen molar-refractivity contribution in [3.63, 3.8) is 0 Å². The number of phenolic OH excluding ortho intramolecular Hbond substituents is 1. The Morgan fingerprint density at radius 2 is 1.86 bits per heavy atom. The number of hydrogen-bond acceptors (Lipinski definition) is 7. The fourth-order valence-corrected chi connectivity index (χ4v) is 7.29. The molecular formula is C34H35FN4O3. The zero-order valence-corrected chi connectivity index (χ0v) is 24.0. The molecule has 3 saturated heterocycles. The normalized spacial score (nSPS) is 18.7. The van der Waals surface area contributed by atoms with E-state index in [1.807, 2.05) is 19.1 Å². The lowest BCUT2D eigenvalue weighted by Gasteiger charge is -2.31. The van der Waals surface area contributed by atoms with Crippen LogP contribution in [0.4, 0.5) is 10.2 Å². The number of nitrogens with zero attached hydrogens (tertiary/aromatic N) is 4. The first-order valence-corrected chi connectivity index (χ1v) is 14.9. The second kappa shape index (κ2) is 10.7. The zero-order chi connectivity index (χ0) is 28.8. The lowest BCUT2D eigenvalue weighted by atomic mass is 9.91. The topological polar surface area (TPSA) is 71.0 Å². The van der Waals surface area contributed by atoms with Crippen molar-refractivity contribution in [2.45, 2.75) is 44.6 Å². The van der Waals surface area contributed by atoms with E-state index in [1.54, 1.807) is 18.2 Å². The van der Waals surface area contributed by atoms with Gasteiger partial charge in [0.05, 0.1) is 23.2 Å². The van der Waals surface area contributed by atoms with Crippen molar-refractivity contribution < 1.29 is 19.0 Å². The lowest BCUT2D eigenvalue weighted by Crippen LogP contribution is -2.43. The maximum Gasteiger partial charge on any atom is 0.319 e. The lowest BCUT2D eigenvalue weighted by molar-refractivity contribution is 0.108. The van der Waals surface area contributed by atoms with Crippen molar-refractivity contribution in [2.75, 3.05) is 50.9 Å². The first-order valence-electron chi connectivity index (χ1n) is 14.9. The molecule has 0 aliphatic carbocycles. The summed E-state index contributed by atoms with van der Waals surface area (Å²) in [5.74, 6) is 2.98. The number of aromatic hydroxyl groups is 1. The Bertz CT molecular complexity index is 1710. The van der Waals surface area contributed by atoms with Gasteiger partial charge in [-0.25, -0.2) is 4.39 Å². The summed E-state index contributed by atoms with van der Waals surface area (Å²) in [5, 5.41) is 12.8. The summed E-state index contributed by atoms with van der Waals surface area (Å²) in [5.41, 5.74) is 3.37. The molecule has 0 amide bonds. The Morgan fingerprint density at radius 3 is 2.67 bits per heavy atom. The molecule has 42 heavy (non-hydrogen) atoms. The predicted molar refractivity (Wildman–Crippen MR) is 163 cm³/mol. The van der Waals surface area contributed by atoms with Crippen LogP contribution in [0.3, 0.4) is 0 Å². The van der Waals surface area contributed by atoms with E-state index in [0.717, 1.165) is 79.9 Å².